The molecule has 1 aliphatic heterocycles. The van der Waals surface area contributed by atoms with Crippen molar-refractivity contribution in [2.45, 2.75) is 58.1 Å². The highest BCUT2D eigenvalue weighted by Gasteiger charge is 2.36. The quantitative estimate of drug-likeness (QED) is 0.851. The zero-order chi connectivity index (χ0) is 14.1. The predicted molar refractivity (Wildman–Crippen MR) is 84.3 cm³/mol. The molecule has 2 fully saturated rings. The Bertz CT molecular complexity index is 472. The van der Waals surface area contributed by atoms with Crippen LogP contribution >= 0.6 is 0 Å². The molecule has 0 aromatic heterocycles. The molecule has 1 heterocycles. The summed E-state index contributed by atoms with van der Waals surface area (Å²) < 4.78 is 5.83. The van der Waals surface area contributed by atoms with E-state index in [1.54, 1.807) is 0 Å². The lowest BCUT2D eigenvalue weighted by molar-refractivity contribution is 0.244. The van der Waals surface area contributed by atoms with Gasteiger partial charge >= 0.3 is 0 Å². The summed E-state index contributed by atoms with van der Waals surface area (Å²) in [6.45, 7) is 5.23. The van der Waals surface area contributed by atoms with Crippen LogP contribution in [-0.4, -0.2) is 18.7 Å². The van der Waals surface area contributed by atoms with Crippen LogP contribution in [0.2, 0.25) is 0 Å². The van der Waals surface area contributed by atoms with Crippen molar-refractivity contribution >= 4 is 11.4 Å². The van der Waals surface area contributed by atoms with Crippen LogP contribution in [-0.2, 0) is 0 Å². The first-order valence-corrected chi connectivity index (χ1v) is 7.98. The average Bonchev–Trinajstić information content (AvgIpc) is 2.85. The summed E-state index contributed by atoms with van der Waals surface area (Å²) in [5, 5.41) is 0. The lowest BCUT2D eigenvalue weighted by atomic mass is 9.85. The Morgan fingerprint density at radius 2 is 2.00 bits per heavy atom. The Labute approximate surface area is 122 Å². The summed E-state index contributed by atoms with van der Waals surface area (Å²) in [5.41, 5.74) is 8.36. The minimum Gasteiger partial charge on any atom is -0.489 e. The third-order valence-electron chi connectivity index (χ3n) is 4.73. The summed E-state index contributed by atoms with van der Waals surface area (Å²) in [7, 11) is 0. The molecule has 0 radical (unpaired) electrons. The molecular formula is C17H26N2O. The van der Waals surface area contributed by atoms with Crippen molar-refractivity contribution in [3.05, 3.63) is 18.2 Å². The van der Waals surface area contributed by atoms with Gasteiger partial charge in [-0.25, -0.2) is 0 Å². The van der Waals surface area contributed by atoms with Gasteiger partial charge in [0.05, 0.1) is 17.5 Å². The van der Waals surface area contributed by atoms with Crippen molar-refractivity contribution in [2.75, 3.05) is 17.2 Å². The molecule has 3 rings (SSSR count). The van der Waals surface area contributed by atoms with Crippen molar-refractivity contribution in [3.8, 4) is 5.75 Å². The molecule has 3 heteroatoms. The minimum atomic E-state index is 0.161. The first-order valence-electron chi connectivity index (χ1n) is 7.98. The molecule has 20 heavy (non-hydrogen) atoms. The lowest BCUT2D eigenvalue weighted by Crippen LogP contribution is -2.35. The van der Waals surface area contributed by atoms with E-state index in [-0.39, 0.29) is 6.10 Å². The second-order valence-electron chi connectivity index (χ2n) is 6.45. The molecule has 2 atom stereocenters. The Kier molecular flexibility index (Phi) is 3.77. The summed E-state index contributed by atoms with van der Waals surface area (Å²) in [6, 6.07) is 6.90. The van der Waals surface area contributed by atoms with Crippen LogP contribution in [0.4, 0.5) is 11.4 Å². The lowest BCUT2D eigenvalue weighted by Gasteiger charge is -2.34. The molecule has 1 saturated carbocycles. The molecule has 2 N–H and O–H groups in total. The molecule has 1 aromatic rings. The van der Waals surface area contributed by atoms with E-state index in [2.05, 4.69) is 17.0 Å². The summed E-state index contributed by atoms with van der Waals surface area (Å²) in [6.07, 6.45) is 6.96. The summed E-state index contributed by atoms with van der Waals surface area (Å²) in [4.78, 5) is 2.53. The summed E-state index contributed by atoms with van der Waals surface area (Å²) >= 11 is 0. The molecule has 1 saturated heterocycles. The molecule has 1 aromatic carbocycles. The van der Waals surface area contributed by atoms with Crippen molar-refractivity contribution in [2.24, 2.45) is 5.92 Å². The average molecular weight is 274 g/mol. The molecule has 0 spiro atoms. The van der Waals surface area contributed by atoms with Gasteiger partial charge in [0.1, 0.15) is 5.75 Å². The van der Waals surface area contributed by atoms with E-state index in [1.165, 1.54) is 37.8 Å². The van der Waals surface area contributed by atoms with Gasteiger partial charge in [-0.1, -0.05) is 18.9 Å². The molecule has 3 nitrogen and oxygen atoms in total. The number of ether oxygens (including phenoxy) is 1. The third-order valence-corrected chi connectivity index (χ3v) is 4.73. The van der Waals surface area contributed by atoms with Crippen LogP contribution < -0.4 is 15.4 Å². The van der Waals surface area contributed by atoms with Gasteiger partial charge in [-0.05, 0) is 51.2 Å². The number of nitrogens with zero attached hydrogens (tertiary/aromatic N) is 1. The van der Waals surface area contributed by atoms with Crippen molar-refractivity contribution in [1.29, 1.82) is 0 Å². The molecule has 1 aliphatic carbocycles. The van der Waals surface area contributed by atoms with Crippen LogP contribution in [0, 0.1) is 5.92 Å². The smallest absolute Gasteiger partial charge is 0.144 e. The first-order chi connectivity index (χ1) is 9.66. The van der Waals surface area contributed by atoms with Gasteiger partial charge < -0.3 is 15.4 Å². The maximum atomic E-state index is 6.37. The second-order valence-corrected chi connectivity index (χ2v) is 6.45. The van der Waals surface area contributed by atoms with E-state index in [4.69, 9.17) is 10.5 Å². The Morgan fingerprint density at radius 3 is 2.80 bits per heavy atom. The van der Waals surface area contributed by atoms with Crippen LogP contribution in [0.3, 0.4) is 0 Å². The highest BCUT2D eigenvalue weighted by Crippen LogP contribution is 2.42. The highest BCUT2D eigenvalue weighted by molar-refractivity contribution is 5.74. The fraction of sp³-hybridized carbons (Fsp3) is 0.647. The van der Waals surface area contributed by atoms with E-state index in [1.807, 2.05) is 19.9 Å². The van der Waals surface area contributed by atoms with Crippen LogP contribution in [0.15, 0.2) is 18.2 Å². The molecule has 0 amide bonds. The number of nitrogens with two attached hydrogens (primary N) is 1. The third kappa shape index (κ3) is 2.46. The normalized spacial score (nSPS) is 25.9. The van der Waals surface area contributed by atoms with E-state index in [0.29, 0.717) is 6.04 Å². The fourth-order valence-electron chi connectivity index (χ4n) is 3.84. The van der Waals surface area contributed by atoms with Crippen LogP contribution in [0.25, 0.3) is 0 Å². The number of nitrogen functional groups attached to an aromatic ring is 1. The van der Waals surface area contributed by atoms with Gasteiger partial charge in [-0.2, -0.15) is 0 Å². The van der Waals surface area contributed by atoms with Gasteiger partial charge in [0.15, 0.2) is 0 Å². The number of para-hydroxylation sites is 1. The minimum absolute atomic E-state index is 0.161. The predicted octanol–water partition coefficient (Wildman–Crippen LogP) is 3.82. The Morgan fingerprint density at radius 1 is 1.20 bits per heavy atom. The topological polar surface area (TPSA) is 38.5 Å². The van der Waals surface area contributed by atoms with E-state index >= 15 is 0 Å². The number of hydrogen-bond acceptors (Lipinski definition) is 3. The van der Waals surface area contributed by atoms with Crippen molar-refractivity contribution in [1.82, 2.24) is 0 Å². The van der Waals surface area contributed by atoms with Gasteiger partial charge in [0.25, 0.3) is 0 Å². The van der Waals surface area contributed by atoms with Crippen LogP contribution in [0.1, 0.15) is 46.0 Å². The Balaban J connectivity index is 1.86. The van der Waals surface area contributed by atoms with E-state index < -0.39 is 0 Å². The maximum absolute atomic E-state index is 6.37. The highest BCUT2D eigenvalue weighted by atomic mass is 16.5. The van der Waals surface area contributed by atoms with E-state index in [0.717, 1.165) is 23.9 Å². The van der Waals surface area contributed by atoms with Crippen molar-refractivity contribution < 1.29 is 4.74 Å². The summed E-state index contributed by atoms with van der Waals surface area (Å²) in [5.74, 6) is 1.70. The molecular weight excluding hydrogens is 248 g/mol. The molecule has 2 unspecified atom stereocenters. The number of hydrogen-bond donors (Lipinski definition) is 1. The van der Waals surface area contributed by atoms with Gasteiger partial charge in [-0.3, -0.25) is 0 Å². The van der Waals surface area contributed by atoms with Gasteiger partial charge in [0, 0.05) is 12.6 Å². The SMILES string of the molecule is CC(C)Oc1cccc(N2CCC3CCCCC32)c1N. The van der Waals surface area contributed by atoms with E-state index in [9.17, 15) is 0 Å². The largest absolute Gasteiger partial charge is 0.489 e. The first kappa shape index (κ1) is 13.6. The number of benzene rings is 1. The van der Waals surface area contributed by atoms with Crippen molar-refractivity contribution in [3.63, 3.8) is 0 Å². The number of anilines is 2. The standard InChI is InChI=1S/C17H26N2O/c1-12(2)20-16-9-5-8-15(17(16)18)19-11-10-13-6-3-4-7-14(13)19/h5,8-9,12-14H,3-4,6-7,10-11,18H2,1-2H3. The number of fused-ring (bicyclic) bond motifs is 1. The number of rotatable bonds is 3. The van der Waals surface area contributed by atoms with Crippen LogP contribution in [0.5, 0.6) is 5.75 Å². The second kappa shape index (κ2) is 5.55. The van der Waals surface area contributed by atoms with Gasteiger partial charge in [0.2, 0.25) is 0 Å². The van der Waals surface area contributed by atoms with Gasteiger partial charge in [-0.15, -0.1) is 0 Å². The molecule has 110 valence electrons. The monoisotopic (exact) mass is 274 g/mol. The zero-order valence-electron chi connectivity index (χ0n) is 12.6. The molecule has 0 bridgehead atoms. The Hall–Kier alpha value is -1.38. The zero-order valence-corrected chi connectivity index (χ0v) is 12.6. The fourth-order valence-corrected chi connectivity index (χ4v) is 3.84. The molecule has 2 aliphatic rings. The maximum Gasteiger partial charge on any atom is 0.144 e.